The van der Waals surface area contributed by atoms with Crippen LogP contribution in [-0.4, -0.2) is 41.5 Å². The van der Waals surface area contributed by atoms with Crippen LogP contribution in [0.1, 0.15) is 32.6 Å². The monoisotopic (exact) mass is 242 g/mol. The van der Waals surface area contributed by atoms with E-state index in [0.717, 1.165) is 6.42 Å². The first kappa shape index (κ1) is 14.0. The molecule has 0 spiro atoms. The van der Waals surface area contributed by atoms with Crippen molar-refractivity contribution in [2.75, 3.05) is 13.6 Å². The van der Waals surface area contributed by atoms with Gasteiger partial charge in [-0.25, -0.2) is 0 Å². The van der Waals surface area contributed by atoms with E-state index in [0.29, 0.717) is 12.5 Å². The van der Waals surface area contributed by atoms with E-state index < -0.39 is 11.9 Å². The first-order chi connectivity index (χ1) is 7.95. The molecule has 1 amide bonds. The Labute approximate surface area is 102 Å². The molecule has 0 unspecified atom stereocenters. The summed E-state index contributed by atoms with van der Waals surface area (Å²) >= 11 is 0. The van der Waals surface area contributed by atoms with E-state index in [1.165, 1.54) is 12.8 Å². The number of hydrogen-bond acceptors (Lipinski definition) is 3. The Hall–Kier alpha value is -1.10. The van der Waals surface area contributed by atoms with Crippen LogP contribution in [0, 0.1) is 11.8 Å². The minimum Gasteiger partial charge on any atom is -0.481 e. The van der Waals surface area contributed by atoms with Gasteiger partial charge in [0, 0.05) is 25.6 Å². The summed E-state index contributed by atoms with van der Waals surface area (Å²) in [7, 11) is 1.72. The zero-order valence-electron chi connectivity index (χ0n) is 10.6. The highest BCUT2D eigenvalue weighted by Crippen LogP contribution is 2.34. The van der Waals surface area contributed by atoms with Crippen LogP contribution in [-0.2, 0) is 9.59 Å². The fraction of sp³-hybridized carbons (Fsp3) is 0.833. The first-order valence-electron chi connectivity index (χ1n) is 6.14. The number of amides is 1. The van der Waals surface area contributed by atoms with Crippen LogP contribution >= 0.6 is 0 Å². The topological polar surface area (TPSA) is 83.6 Å². The number of aliphatic carboxylic acids is 1. The van der Waals surface area contributed by atoms with E-state index in [4.69, 9.17) is 10.8 Å². The normalized spacial score (nSPS) is 18.5. The van der Waals surface area contributed by atoms with Gasteiger partial charge < -0.3 is 15.7 Å². The van der Waals surface area contributed by atoms with Crippen molar-refractivity contribution in [3.63, 3.8) is 0 Å². The van der Waals surface area contributed by atoms with Gasteiger partial charge in [-0.05, 0) is 12.3 Å². The molecule has 1 rings (SSSR count). The van der Waals surface area contributed by atoms with Crippen LogP contribution in [0.3, 0.4) is 0 Å². The molecule has 5 nitrogen and oxygen atoms in total. The van der Waals surface area contributed by atoms with Crippen molar-refractivity contribution in [1.82, 2.24) is 4.90 Å². The van der Waals surface area contributed by atoms with Crippen LogP contribution in [0.2, 0.25) is 0 Å². The average Bonchev–Trinajstić information content (AvgIpc) is 3.06. The molecule has 0 aromatic carbocycles. The maximum absolute atomic E-state index is 12.0. The molecule has 98 valence electrons. The van der Waals surface area contributed by atoms with Gasteiger partial charge in [-0.1, -0.05) is 19.8 Å². The van der Waals surface area contributed by atoms with E-state index in [-0.39, 0.29) is 18.4 Å². The van der Waals surface area contributed by atoms with Gasteiger partial charge in [-0.15, -0.1) is 0 Å². The Balaban J connectivity index is 2.49. The smallest absolute Gasteiger partial charge is 0.304 e. The zero-order chi connectivity index (χ0) is 13.0. The van der Waals surface area contributed by atoms with Crippen LogP contribution in [0.5, 0.6) is 0 Å². The van der Waals surface area contributed by atoms with Gasteiger partial charge in [0.05, 0.1) is 6.42 Å². The number of rotatable bonds is 7. The van der Waals surface area contributed by atoms with Crippen LogP contribution in [0.4, 0.5) is 0 Å². The highest BCUT2D eigenvalue weighted by molar-refractivity contribution is 5.83. The second-order valence-electron chi connectivity index (χ2n) is 5.02. The fourth-order valence-corrected chi connectivity index (χ4v) is 2.03. The summed E-state index contributed by atoms with van der Waals surface area (Å²) in [4.78, 5) is 24.2. The molecule has 0 saturated heterocycles. The Kier molecular flexibility index (Phi) is 4.93. The lowest BCUT2D eigenvalue weighted by molar-refractivity contribution is -0.144. The molecule has 1 aliphatic rings. The van der Waals surface area contributed by atoms with Gasteiger partial charge in [0.1, 0.15) is 0 Å². The predicted octanol–water partition coefficient (Wildman–Crippen LogP) is 0.683. The van der Waals surface area contributed by atoms with E-state index in [9.17, 15) is 9.59 Å². The van der Waals surface area contributed by atoms with E-state index >= 15 is 0 Å². The van der Waals surface area contributed by atoms with Gasteiger partial charge >= 0.3 is 5.97 Å². The second kappa shape index (κ2) is 6.00. The summed E-state index contributed by atoms with van der Waals surface area (Å²) in [5.74, 6) is -0.839. The molecule has 3 N–H and O–H groups in total. The molecule has 1 saturated carbocycles. The quantitative estimate of drug-likeness (QED) is 0.687. The second-order valence-corrected chi connectivity index (χ2v) is 5.02. The van der Waals surface area contributed by atoms with Gasteiger partial charge in [0.15, 0.2) is 0 Å². The Morgan fingerprint density at radius 1 is 1.47 bits per heavy atom. The average molecular weight is 242 g/mol. The van der Waals surface area contributed by atoms with Gasteiger partial charge in [0.2, 0.25) is 5.91 Å². The van der Waals surface area contributed by atoms with Crippen LogP contribution < -0.4 is 5.73 Å². The Morgan fingerprint density at radius 2 is 2.06 bits per heavy atom. The molecule has 0 radical (unpaired) electrons. The lowest BCUT2D eigenvalue weighted by Crippen LogP contribution is -2.44. The van der Waals surface area contributed by atoms with E-state index in [1.54, 1.807) is 18.9 Å². The van der Waals surface area contributed by atoms with Crippen LogP contribution in [0.15, 0.2) is 0 Å². The maximum atomic E-state index is 12.0. The van der Waals surface area contributed by atoms with Crippen molar-refractivity contribution >= 4 is 11.9 Å². The molecule has 0 aliphatic heterocycles. The van der Waals surface area contributed by atoms with Crippen molar-refractivity contribution in [3.05, 3.63) is 0 Å². The van der Waals surface area contributed by atoms with Crippen molar-refractivity contribution in [2.24, 2.45) is 17.6 Å². The summed E-state index contributed by atoms with van der Waals surface area (Å²) in [6.45, 7) is 2.09. The summed E-state index contributed by atoms with van der Waals surface area (Å²) in [5, 5.41) is 8.67. The molecule has 1 aliphatic carbocycles. The molecular formula is C12H22N2O3. The van der Waals surface area contributed by atoms with Crippen LogP contribution in [0.25, 0.3) is 0 Å². The number of hydrogen-bond donors (Lipinski definition) is 2. The minimum atomic E-state index is -0.939. The molecule has 0 heterocycles. The summed E-state index contributed by atoms with van der Waals surface area (Å²) in [6, 6.07) is 0.0474. The summed E-state index contributed by atoms with van der Waals surface area (Å²) in [6.07, 6.45) is 3.27. The number of nitrogens with two attached hydrogens (primary N) is 1. The third-order valence-electron chi connectivity index (χ3n) is 3.37. The predicted molar refractivity (Wildman–Crippen MR) is 64.4 cm³/mol. The van der Waals surface area contributed by atoms with Crippen molar-refractivity contribution in [1.29, 1.82) is 0 Å². The molecule has 0 bridgehead atoms. The van der Waals surface area contributed by atoms with Crippen molar-refractivity contribution in [2.45, 2.75) is 38.6 Å². The first-order valence-corrected chi connectivity index (χ1v) is 6.14. The minimum absolute atomic E-state index is 0.0474. The van der Waals surface area contributed by atoms with Gasteiger partial charge in [0.25, 0.3) is 0 Å². The Bertz CT molecular complexity index is 289. The SMILES string of the molecule is C[C@H](CC(=O)O)C(=O)N(C)[C@H](CN)CC1CC1. The molecular weight excluding hydrogens is 220 g/mol. The zero-order valence-corrected chi connectivity index (χ0v) is 10.6. The number of carbonyl (C=O) groups excluding carboxylic acids is 1. The molecule has 2 atom stereocenters. The highest BCUT2D eigenvalue weighted by atomic mass is 16.4. The molecule has 1 fully saturated rings. The number of carboxylic acid groups (broad SMARTS) is 1. The maximum Gasteiger partial charge on any atom is 0.304 e. The number of likely N-dealkylation sites (N-methyl/N-ethyl adjacent to an activating group) is 1. The van der Waals surface area contributed by atoms with E-state index in [2.05, 4.69) is 0 Å². The third-order valence-corrected chi connectivity index (χ3v) is 3.37. The van der Waals surface area contributed by atoms with Crippen molar-refractivity contribution < 1.29 is 14.7 Å². The fourth-order valence-electron chi connectivity index (χ4n) is 2.03. The summed E-state index contributed by atoms with van der Waals surface area (Å²) in [5.41, 5.74) is 5.68. The number of carboxylic acids is 1. The number of carbonyl (C=O) groups is 2. The van der Waals surface area contributed by atoms with Gasteiger partial charge in [-0.2, -0.15) is 0 Å². The Morgan fingerprint density at radius 3 is 2.47 bits per heavy atom. The largest absolute Gasteiger partial charge is 0.481 e. The summed E-state index contributed by atoms with van der Waals surface area (Å²) < 4.78 is 0. The molecule has 0 aromatic rings. The van der Waals surface area contributed by atoms with Gasteiger partial charge in [-0.3, -0.25) is 9.59 Å². The number of nitrogens with zero attached hydrogens (tertiary/aromatic N) is 1. The lowest BCUT2D eigenvalue weighted by atomic mass is 10.0. The van der Waals surface area contributed by atoms with Crippen molar-refractivity contribution in [3.8, 4) is 0 Å². The standard InChI is InChI=1S/C12H22N2O3/c1-8(5-11(15)16)12(17)14(2)10(7-13)6-9-3-4-9/h8-10H,3-7,13H2,1-2H3,(H,15,16)/t8-,10+/m1/s1. The molecule has 5 heteroatoms. The van der Waals surface area contributed by atoms with E-state index in [1.807, 2.05) is 0 Å². The lowest BCUT2D eigenvalue weighted by Gasteiger charge is -2.29. The highest BCUT2D eigenvalue weighted by Gasteiger charge is 2.30. The molecule has 17 heavy (non-hydrogen) atoms. The molecule has 0 aromatic heterocycles. The third kappa shape index (κ3) is 4.34.